The van der Waals surface area contributed by atoms with E-state index < -0.39 is 5.82 Å². The average molecular weight is 449 g/mol. The molecule has 0 bridgehead atoms. The molecule has 4 aromatic rings. The maximum Gasteiger partial charge on any atom is 0.255 e. The average Bonchev–Trinajstić information content (AvgIpc) is 2.80. The number of halogens is 2. The van der Waals surface area contributed by atoms with Gasteiger partial charge in [-0.1, -0.05) is 29.8 Å². The van der Waals surface area contributed by atoms with Gasteiger partial charge in [-0.15, -0.1) is 0 Å². The standard InChI is InChI=1S/C23H18ClFN6O/c24-18-12-17(10-11-20(18)30-22(32)14-4-2-1-3-5-14)28-21-19(25)13-27-23(31-21)29-16-8-6-15(26)7-9-16/h1-13H,26H2,(H,30,32)(H2,27,28,29,31). The van der Waals surface area contributed by atoms with Crippen molar-refractivity contribution in [1.82, 2.24) is 9.97 Å². The number of hydrogen-bond donors (Lipinski definition) is 4. The number of rotatable bonds is 6. The zero-order valence-corrected chi connectivity index (χ0v) is 17.4. The van der Waals surface area contributed by atoms with Crippen LogP contribution >= 0.6 is 11.6 Å². The first-order chi connectivity index (χ1) is 15.5. The van der Waals surface area contributed by atoms with Crippen LogP contribution in [0.5, 0.6) is 0 Å². The first-order valence-corrected chi connectivity index (χ1v) is 9.94. The van der Waals surface area contributed by atoms with Gasteiger partial charge in [0, 0.05) is 22.6 Å². The van der Waals surface area contributed by atoms with Crippen molar-refractivity contribution < 1.29 is 9.18 Å². The number of nitrogens with one attached hydrogen (secondary N) is 3. The van der Waals surface area contributed by atoms with Crippen molar-refractivity contribution in [2.75, 3.05) is 21.7 Å². The first kappa shape index (κ1) is 21.1. The molecule has 1 heterocycles. The topological polar surface area (TPSA) is 105 Å². The number of benzene rings is 3. The van der Waals surface area contributed by atoms with E-state index in [1.54, 1.807) is 66.7 Å². The normalized spacial score (nSPS) is 10.4. The second kappa shape index (κ2) is 9.32. The monoisotopic (exact) mass is 448 g/mol. The van der Waals surface area contributed by atoms with Gasteiger partial charge in [0.15, 0.2) is 11.6 Å². The summed E-state index contributed by atoms with van der Waals surface area (Å²) in [6.07, 6.45) is 1.06. The summed E-state index contributed by atoms with van der Waals surface area (Å²) in [7, 11) is 0. The van der Waals surface area contributed by atoms with Crippen molar-refractivity contribution in [2.45, 2.75) is 0 Å². The lowest BCUT2D eigenvalue weighted by Crippen LogP contribution is -2.12. The molecule has 1 amide bonds. The van der Waals surface area contributed by atoms with E-state index in [1.165, 1.54) is 0 Å². The van der Waals surface area contributed by atoms with Gasteiger partial charge in [-0.05, 0) is 54.6 Å². The number of aromatic nitrogens is 2. The van der Waals surface area contributed by atoms with Crippen molar-refractivity contribution in [2.24, 2.45) is 0 Å². The molecule has 0 spiro atoms. The van der Waals surface area contributed by atoms with Gasteiger partial charge in [-0.3, -0.25) is 4.79 Å². The molecule has 5 N–H and O–H groups in total. The van der Waals surface area contributed by atoms with Crippen LogP contribution < -0.4 is 21.7 Å². The maximum absolute atomic E-state index is 14.3. The third kappa shape index (κ3) is 5.11. The summed E-state index contributed by atoms with van der Waals surface area (Å²) in [5.74, 6) is -0.745. The third-order valence-corrected chi connectivity index (χ3v) is 4.74. The second-order valence-electron chi connectivity index (χ2n) is 6.78. The molecule has 0 aliphatic carbocycles. The fourth-order valence-electron chi connectivity index (χ4n) is 2.83. The lowest BCUT2D eigenvalue weighted by atomic mass is 10.2. The molecule has 9 heteroatoms. The summed E-state index contributed by atoms with van der Waals surface area (Å²) in [5.41, 5.74) is 8.44. The van der Waals surface area contributed by atoms with Crippen molar-refractivity contribution in [3.63, 3.8) is 0 Å². The number of hydrogen-bond acceptors (Lipinski definition) is 6. The van der Waals surface area contributed by atoms with Crippen molar-refractivity contribution in [1.29, 1.82) is 0 Å². The van der Waals surface area contributed by atoms with E-state index in [0.717, 1.165) is 6.20 Å². The fourth-order valence-corrected chi connectivity index (χ4v) is 3.05. The van der Waals surface area contributed by atoms with Gasteiger partial charge in [-0.2, -0.15) is 4.98 Å². The van der Waals surface area contributed by atoms with Crippen molar-refractivity contribution >= 4 is 52.0 Å². The molecule has 0 fully saturated rings. The van der Waals surface area contributed by atoms with Crippen LogP contribution in [-0.4, -0.2) is 15.9 Å². The van der Waals surface area contributed by atoms with E-state index in [0.29, 0.717) is 28.3 Å². The number of nitrogens with two attached hydrogens (primary N) is 1. The molecule has 0 radical (unpaired) electrons. The van der Waals surface area contributed by atoms with Gasteiger partial charge >= 0.3 is 0 Å². The number of nitrogens with zero attached hydrogens (tertiary/aromatic N) is 2. The Hall–Kier alpha value is -4.17. The van der Waals surface area contributed by atoms with Crippen LogP contribution in [0.3, 0.4) is 0 Å². The summed E-state index contributed by atoms with van der Waals surface area (Å²) < 4.78 is 14.3. The van der Waals surface area contributed by atoms with Gasteiger partial charge in [0.2, 0.25) is 5.95 Å². The summed E-state index contributed by atoms with van der Waals surface area (Å²) in [6.45, 7) is 0. The number of nitrogen functional groups attached to an aromatic ring is 1. The summed E-state index contributed by atoms with van der Waals surface area (Å²) >= 11 is 6.31. The molecule has 160 valence electrons. The Morgan fingerprint density at radius 3 is 2.38 bits per heavy atom. The summed E-state index contributed by atoms with van der Waals surface area (Å²) in [4.78, 5) is 20.4. The van der Waals surface area contributed by atoms with Gasteiger partial charge in [-0.25, -0.2) is 9.37 Å². The van der Waals surface area contributed by atoms with E-state index >= 15 is 0 Å². The minimum atomic E-state index is -0.634. The van der Waals surface area contributed by atoms with E-state index in [4.69, 9.17) is 17.3 Å². The largest absolute Gasteiger partial charge is 0.399 e. The fraction of sp³-hybridized carbons (Fsp3) is 0. The van der Waals surface area contributed by atoms with Crippen LogP contribution in [0.2, 0.25) is 5.02 Å². The molecule has 32 heavy (non-hydrogen) atoms. The first-order valence-electron chi connectivity index (χ1n) is 9.56. The third-order valence-electron chi connectivity index (χ3n) is 4.43. The van der Waals surface area contributed by atoms with Gasteiger partial charge in [0.05, 0.1) is 16.9 Å². The number of carbonyl (C=O) groups is 1. The Labute approximate surface area is 188 Å². The summed E-state index contributed by atoms with van der Waals surface area (Å²) in [5, 5.41) is 8.90. The molecule has 0 aliphatic rings. The Bertz CT molecular complexity index is 1250. The van der Waals surface area contributed by atoms with E-state index in [1.807, 2.05) is 6.07 Å². The van der Waals surface area contributed by atoms with Crippen LogP contribution in [0.25, 0.3) is 0 Å². The molecule has 0 unspecified atom stereocenters. The molecular weight excluding hydrogens is 431 g/mol. The van der Waals surface area contributed by atoms with Crippen LogP contribution in [0.15, 0.2) is 79.0 Å². The SMILES string of the molecule is Nc1ccc(Nc2ncc(F)c(Nc3ccc(NC(=O)c4ccccc4)c(Cl)c3)n2)cc1. The number of anilines is 6. The molecular formula is C23H18ClFN6O. The minimum Gasteiger partial charge on any atom is -0.399 e. The predicted molar refractivity (Wildman–Crippen MR) is 125 cm³/mol. The Morgan fingerprint density at radius 1 is 0.938 bits per heavy atom. The van der Waals surface area contributed by atoms with Gasteiger partial charge in [0.1, 0.15) is 0 Å². The molecule has 0 atom stereocenters. The highest BCUT2D eigenvalue weighted by atomic mass is 35.5. The lowest BCUT2D eigenvalue weighted by molar-refractivity contribution is 0.102. The zero-order chi connectivity index (χ0) is 22.5. The Balaban J connectivity index is 1.48. The van der Waals surface area contributed by atoms with Gasteiger partial charge in [0.25, 0.3) is 5.91 Å². The quantitative estimate of drug-likeness (QED) is 0.286. The van der Waals surface area contributed by atoms with Crippen LogP contribution in [0.1, 0.15) is 10.4 Å². The molecule has 1 aromatic heterocycles. The van der Waals surface area contributed by atoms with E-state index in [9.17, 15) is 9.18 Å². The van der Waals surface area contributed by atoms with Gasteiger partial charge < -0.3 is 21.7 Å². The lowest BCUT2D eigenvalue weighted by Gasteiger charge is -2.12. The molecule has 0 saturated carbocycles. The van der Waals surface area contributed by atoms with Crippen molar-refractivity contribution in [3.05, 3.63) is 95.4 Å². The Morgan fingerprint density at radius 2 is 1.66 bits per heavy atom. The smallest absolute Gasteiger partial charge is 0.255 e. The number of amides is 1. The van der Waals surface area contributed by atoms with Crippen LogP contribution in [0, 0.1) is 5.82 Å². The highest BCUT2D eigenvalue weighted by molar-refractivity contribution is 6.34. The zero-order valence-electron chi connectivity index (χ0n) is 16.6. The molecule has 0 aliphatic heterocycles. The molecule has 4 rings (SSSR count). The summed E-state index contributed by atoms with van der Waals surface area (Å²) in [6, 6.07) is 20.6. The second-order valence-corrected chi connectivity index (χ2v) is 7.18. The highest BCUT2D eigenvalue weighted by Gasteiger charge is 2.11. The molecule has 7 nitrogen and oxygen atoms in total. The molecule has 0 saturated heterocycles. The number of carbonyl (C=O) groups excluding carboxylic acids is 1. The highest BCUT2D eigenvalue weighted by Crippen LogP contribution is 2.28. The Kier molecular flexibility index (Phi) is 6.14. The van der Waals surface area contributed by atoms with E-state index in [-0.39, 0.29) is 22.7 Å². The van der Waals surface area contributed by atoms with E-state index in [2.05, 4.69) is 25.9 Å². The van der Waals surface area contributed by atoms with Crippen LogP contribution in [-0.2, 0) is 0 Å². The van der Waals surface area contributed by atoms with Crippen LogP contribution in [0.4, 0.5) is 38.9 Å². The molecule has 3 aromatic carbocycles. The van der Waals surface area contributed by atoms with Crippen molar-refractivity contribution in [3.8, 4) is 0 Å². The predicted octanol–water partition coefficient (Wildman–Crippen LogP) is 5.59. The minimum absolute atomic E-state index is 0.0323. The maximum atomic E-state index is 14.3.